The Hall–Kier alpha value is -1.46. The van der Waals surface area contributed by atoms with Crippen LogP contribution >= 0.6 is 0 Å². The average molecular weight is 290 g/mol. The van der Waals surface area contributed by atoms with Crippen molar-refractivity contribution in [2.45, 2.75) is 31.9 Å². The van der Waals surface area contributed by atoms with Crippen LogP contribution in [0.3, 0.4) is 0 Å². The van der Waals surface area contributed by atoms with E-state index in [2.05, 4.69) is 18.8 Å². The molecule has 0 spiro atoms. The molecular weight excluding hydrogens is 268 g/mol. The zero-order chi connectivity index (χ0) is 15.1. The Kier molecular flexibility index (Phi) is 3.50. The van der Waals surface area contributed by atoms with E-state index in [0.29, 0.717) is 19.6 Å². The average Bonchev–Trinajstić information content (AvgIpc) is 2.95. The van der Waals surface area contributed by atoms with Crippen molar-refractivity contribution in [3.63, 3.8) is 0 Å². The summed E-state index contributed by atoms with van der Waals surface area (Å²) in [5.41, 5.74) is 0.382. The van der Waals surface area contributed by atoms with Crippen molar-refractivity contribution in [1.82, 2.24) is 9.88 Å². The summed E-state index contributed by atoms with van der Waals surface area (Å²) in [6.45, 7) is 6.04. The van der Waals surface area contributed by atoms with Crippen LogP contribution < -0.4 is 0 Å². The van der Waals surface area contributed by atoms with Crippen LogP contribution in [0.15, 0.2) is 24.5 Å². The first-order valence-corrected chi connectivity index (χ1v) is 7.34. The number of amides is 1. The number of hydrogen-bond acceptors (Lipinski definition) is 4. The van der Waals surface area contributed by atoms with Gasteiger partial charge in [0.25, 0.3) is 5.91 Å². The lowest BCUT2D eigenvalue weighted by molar-refractivity contribution is -0.175. The minimum atomic E-state index is -0.804. The molecule has 0 N–H and O–H groups in total. The van der Waals surface area contributed by atoms with E-state index in [4.69, 9.17) is 9.47 Å². The quantitative estimate of drug-likeness (QED) is 0.852. The number of methoxy groups -OCH3 is 1. The van der Waals surface area contributed by atoms with Gasteiger partial charge in [0.2, 0.25) is 0 Å². The van der Waals surface area contributed by atoms with Crippen LogP contribution in [0.5, 0.6) is 0 Å². The summed E-state index contributed by atoms with van der Waals surface area (Å²) in [5.74, 6) is 0.0450. The van der Waals surface area contributed by atoms with Crippen LogP contribution in [0.4, 0.5) is 0 Å². The third-order valence-corrected chi connectivity index (χ3v) is 4.68. The normalized spacial score (nSPS) is 31.0. The summed E-state index contributed by atoms with van der Waals surface area (Å²) >= 11 is 0. The van der Waals surface area contributed by atoms with Gasteiger partial charge < -0.3 is 14.4 Å². The third kappa shape index (κ3) is 2.24. The number of ether oxygens (including phenoxy) is 2. The number of aromatic nitrogens is 1. The SMILES string of the molecule is COC1(C(=O)N2CC(C)(C)C2c2ccncc2)CCOC1. The van der Waals surface area contributed by atoms with Gasteiger partial charge in [0, 0.05) is 37.9 Å². The lowest BCUT2D eigenvalue weighted by Crippen LogP contribution is -2.63. The second-order valence-corrected chi connectivity index (χ2v) is 6.61. The largest absolute Gasteiger partial charge is 0.378 e. The maximum absolute atomic E-state index is 13.0. The third-order valence-electron chi connectivity index (χ3n) is 4.68. The van der Waals surface area contributed by atoms with Gasteiger partial charge in [-0.2, -0.15) is 0 Å². The van der Waals surface area contributed by atoms with Crippen molar-refractivity contribution in [3.8, 4) is 0 Å². The summed E-state index contributed by atoms with van der Waals surface area (Å²) in [6.07, 6.45) is 4.18. The van der Waals surface area contributed by atoms with Crippen molar-refractivity contribution in [3.05, 3.63) is 30.1 Å². The molecule has 2 fully saturated rings. The summed E-state index contributed by atoms with van der Waals surface area (Å²) < 4.78 is 10.9. The topological polar surface area (TPSA) is 51.7 Å². The highest BCUT2D eigenvalue weighted by atomic mass is 16.6. The fourth-order valence-corrected chi connectivity index (χ4v) is 3.52. The van der Waals surface area contributed by atoms with E-state index in [1.807, 2.05) is 17.0 Å². The predicted octanol–water partition coefficient (Wildman–Crippen LogP) is 1.80. The predicted molar refractivity (Wildman–Crippen MR) is 77.6 cm³/mol. The highest BCUT2D eigenvalue weighted by Gasteiger charge is 2.55. The molecule has 0 radical (unpaired) electrons. The Balaban J connectivity index is 1.87. The smallest absolute Gasteiger partial charge is 0.257 e. The first-order chi connectivity index (χ1) is 10.0. The number of likely N-dealkylation sites (tertiary alicyclic amines) is 1. The van der Waals surface area contributed by atoms with E-state index in [1.54, 1.807) is 19.5 Å². The molecule has 2 aliphatic heterocycles. The number of pyridine rings is 1. The summed E-state index contributed by atoms with van der Waals surface area (Å²) in [5, 5.41) is 0. The van der Waals surface area contributed by atoms with E-state index in [1.165, 1.54) is 0 Å². The van der Waals surface area contributed by atoms with Crippen molar-refractivity contribution >= 4 is 5.91 Å². The van der Waals surface area contributed by atoms with Crippen molar-refractivity contribution in [2.75, 3.05) is 26.9 Å². The minimum Gasteiger partial charge on any atom is -0.378 e. The fraction of sp³-hybridized carbons (Fsp3) is 0.625. The molecule has 2 unspecified atom stereocenters. The Morgan fingerprint density at radius 3 is 2.67 bits per heavy atom. The van der Waals surface area contributed by atoms with Gasteiger partial charge in [-0.05, 0) is 17.7 Å². The van der Waals surface area contributed by atoms with Crippen LogP contribution in [0.1, 0.15) is 31.9 Å². The molecule has 114 valence electrons. The van der Waals surface area contributed by atoms with Crippen LogP contribution in [0, 0.1) is 5.41 Å². The van der Waals surface area contributed by atoms with Crippen molar-refractivity contribution in [1.29, 1.82) is 0 Å². The van der Waals surface area contributed by atoms with Gasteiger partial charge in [0.15, 0.2) is 5.60 Å². The van der Waals surface area contributed by atoms with E-state index >= 15 is 0 Å². The molecule has 0 aliphatic carbocycles. The first-order valence-electron chi connectivity index (χ1n) is 7.34. The molecule has 0 saturated carbocycles. The van der Waals surface area contributed by atoms with Crippen molar-refractivity contribution in [2.24, 2.45) is 5.41 Å². The van der Waals surface area contributed by atoms with E-state index in [9.17, 15) is 4.79 Å². The van der Waals surface area contributed by atoms with Gasteiger partial charge in [-0.25, -0.2) is 0 Å². The van der Waals surface area contributed by atoms with Gasteiger partial charge in [-0.3, -0.25) is 9.78 Å². The van der Waals surface area contributed by atoms with E-state index in [0.717, 1.165) is 12.1 Å². The Morgan fingerprint density at radius 1 is 1.43 bits per heavy atom. The van der Waals surface area contributed by atoms with Gasteiger partial charge >= 0.3 is 0 Å². The minimum absolute atomic E-state index is 0.0450. The van der Waals surface area contributed by atoms with Crippen molar-refractivity contribution < 1.29 is 14.3 Å². The zero-order valence-corrected chi connectivity index (χ0v) is 12.8. The Morgan fingerprint density at radius 2 is 2.14 bits per heavy atom. The molecule has 0 aromatic carbocycles. The number of hydrogen-bond donors (Lipinski definition) is 0. The fourth-order valence-electron chi connectivity index (χ4n) is 3.52. The van der Waals surface area contributed by atoms with Crippen LogP contribution in [-0.4, -0.2) is 48.3 Å². The maximum Gasteiger partial charge on any atom is 0.257 e. The molecule has 2 aliphatic rings. The first kappa shape index (κ1) is 14.5. The molecule has 0 bridgehead atoms. The molecule has 3 rings (SSSR count). The number of rotatable bonds is 3. The molecule has 2 atom stereocenters. The molecule has 3 heterocycles. The van der Waals surface area contributed by atoms with Gasteiger partial charge in [0.1, 0.15) is 0 Å². The number of carbonyl (C=O) groups is 1. The standard InChI is InChI=1S/C16H22N2O3/c1-15(2)10-18(13(15)12-4-7-17-8-5-12)14(19)16(20-3)6-9-21-11-16/h4-5,7-8,13H,6,9-11H2,1-3H3. The zero-order valence-electron chi connectivity index (χ0n) is 12.8. The lowest BCUT2D eigenvalue weighted by Gasteiger charge is -2.56. The second kappa shape index (κ2) is 5.07. The summed E-state index contributed by atoms with van der Waals surface area (Å²) in [6, 6.07) is 4.04. The molecule has 1 aromatic heterocycles. The Bertz CT molecular complexity index is 524. The van der Waals surface area contributed by atoms with Crippen LogP contribution in [0.25, 0.3) is 0 Å². The molecule has 1 amide bonds. The highest BCUT2D eigenvalue weighted by molar-refractivity contribution is 5.87. The van der Waals surface area contributed by atoms with Gasteiger partial charge in [-0.15, -0.1) is 0 Å². The summed E-state index contributed by atoms with van der Waals surface area (Å²) in [4.78, 5) is 18.9. The monoisotopic (exact) mass is 290 g/mol. The maximum atomic E-state index is 13.0. The van der Waals surface area contributed by atoms with E-state index in [-0.39, 0.29) is 17.4 Å². The number of nitrogens with zero attached hydrogens (tertiary/aromatic N) is 2. The lowest BCUT2D eigenvalue weighted by atomic mass is 9.71. The van der Waals surface area contributed by atoms with Gasteiger partial charge in [-0.1, -0.05) is 13.8 Å². The van der Waals surface area contributed by atoms with E-state index < -0.39 is 5.60 Å². The summed E-state index contributed by atoms with van der Waals surface area (Å²) in [7, 11) is 1.60. The van der Waals surface area contributed by atoms with Gasteiger partial charge in [0.05, 0.1) is 19.3 Å². The molecule has 21 heavy (non-hydrogen) atoms. The van der Waals surface area contributed by atoms with Crippen LogP contribution in [0.2, 0.25) is 0 Å². The molecule has 1 aromatic rings. The Labute approximate surface area is 125 Å². The van der Waals surface area contributed by atoms with Crippen LogP contribution in [-0.2, 0) is 14.3 Å². The second-order valence-electron chi connectivity index (χ2n) is 6.61. The molecular formula is C16H22N2O3. The highest BCUT2D eigenvalue weighted by Crippen LogP contribution is 2.49. The number of carbonyl (C=O) groups excluding carboxylic acids is 1. The molecule has 5 nitrogen and oxygen atoms in total. The molecule has 5 heteroatoms. The molecule has 2 saturated heterocycles.